The molecule has 5 nitrogen and oxygen atoms in total. The van der Waals surface area contributed by atoms with Crippen LogP contribution in [-0.2, 0) is 4.79 Å². The number of carbonyl (C=O) groups excluding carboxylic acids is 1. The van der Waals surface area contributed by atoms with Crippen LogP contribution in [0.5, 0.6) is 0 Å². The number of nitrogens with one attached hydrogen (secondary N) is 1. The van der Waals surface area contributed by atoms with Gasteiger partial charge in [-0.25, -0.2) is 9.97 Å². The molecule has 0 saturated carbocycles. The molecule has 4 aromatic rings. The van der Waals surface area contributed by atoms with Gasteiger partial charge in [-0.05, 0) is 30.3 Å². The molecule has 0 atom stereocenters. The van der Waals surface area contributed by atoms with Gasteiger partial charge in [-0.3, -0.25) is 10.1 Å². The summed E-state index contributed by atoms with van der Waals surface area (Å²) in [6, 6.07) is 11.5. The topological polar surface area (TPSA) is 68.0 Å². The molecule has 0 saturated heterocycles. The first-order valence-electron chi connectivity index (χ1n) is 7.12. The lowest BCUT2D eigenvalue weighted by Crippen LogP contribution is -2.07. The van der Waals surface area contributed by atoms with Gasteiger partial charge in [-0.15, -0.1) is 22.7 Å². The molecule has 0 radical (unpaired) electrons. The van der Waals surface area contributed by atoms with Gasteiger partial charge in [0.25, 0.3) is 0 Å². The van der Waals surface area contributed by atoms with Gasteiger partial charge in [-0.1, -0.05) is 12.1 Å². The first-order valence-corrected chi connectivity index (χ1v) is 8.81. The van der Waals surface area contributed by atoms with E-state index in [9.17, 15) is 4.79 Å². The van der Waals surface area contributed by atoms with Crippen molar-refractivity contribution < 1.29 is 9.21 Å². The van der Waals surface area contributed by atoms with Crippen molar-refractivity contribution in [3.8, 4) is 11.5 Å². The highest BCUT2D eigenvalue weighted by molar-refractivity contribution is 7.19. The molecular formula is C17H11N3O2S2. The zero-order chi connectivity index (χ0) is 16.4. The number of furan rings is 1. The van der Waals surface area contributed by atoms with E-state index in [0.29, 0.717) is 16.6 Å². The van der Waals surface area contributed by atoms with E-state index >= 15 is 0 Å². The monoisotopic (exact) mass is 353 g/mol. The summed E-state index contributed by atoms with van der Waals surface area (Å²) in [5.41, 5.74) is 1.64. The Bertz CT molecular complexity index is 983. The van der Waals surface area contributed by atoms with Crippen LogP contribution >= 0.6 is 22.7 Å². The van der Waals surface area contributed by atoms with Gasteiger partial charge in [0.05, 0.1) is 16.5 Å². The Labute approximate surface area is 145 Å². The lowest BCUT2D eigenvalue weighted by molar-refractivity contribution is -0.111. The predicted molar refractivity (Wildman–Crippen MR) is 97.1 cm³/mol. The van der Waals surface area contributed by atoms with E-state index in [4.69, 9.17) is 4.42 Å². The molecule has 0 unspecified atom stereocenters. The standard InChI is InChI=1S/C17H11N3O2S2/c21-15(7-8-16-18-11-4-1-2-6-14(11)24-16)20-17-19-12(10-23-17)13-5-3-9-22-13/h1-10H,(H,19,20,21)/b8-7+. The van der Waals surface area contributed by atoms with Gasteiger partial charge in [0.1, 0.15) is 10.7 Å². The first kappa shape index (κ1) is 14.8. The Balaban J connectivity index is 1.44. The Kier molecular flexibility index (Phi) is 3.94. The fraction of sp³-hybridized carbons (Fsp3) is 0. The highest BCUT2D eigenvalue weighted by Crippen LogP contribution is 2.25. The van der Waals surface area contributed by atoms with Crippen molar-refractivity contribution in [1.29, 1.82) is 0 Å². The van der Waals surface area contributed by atoms with E-state index < -0.39 is 0 Å². The molecule has 1 aromatic carbocycles. The normalized spacial score (nSPS) is 11.3. The quantitative estimate of drug-likeness (QED) is 0.542. The average Bonchev–Trinajstić information content (AvgIpc) is 3.32. The molecule has 0 aliphatic carbocycles. The fourth-order valence-electron chi connectivity index (χ4n) is 2.12. The van der Waals surface area contributed by atoms with Gasteiger partial charge in [-0.2, -0.15) is 0 Å². The van der Waals surface area contributed by atoms with Gasteiger partial charge in [0, 0.05) is 11.5 Å². The third kappa shape index (κ3) is 3.12. The Morgan fingerprint density at radius 3 is 2.92 bits per heavy atom. The number of para-hydroxylation sites is 1. The summed E-state index contributed by atoms with van der Waals surface area (Å²) >= 11 is 2.90. The number of thiazole rings is 2. The number of hydrogen-bond donors (Lipinski definition) is 1. The van der Waals surface area contributed by atoms with E-state index in [2.05, 4.69) is 15.3 Å². The predicted octanol–water partition coefficient (Wildman–Crippen LogP) is 4.66. The van der Waals surface area contributed by atoms with Crippen LogP contribution in [0.2, 0.25) is 0 Å². The van der Waals surface area contributed by atoms with Crippen LogP contribution in [0.1, 0.15) is 5.01 Å². The molecule has 0 aliphatic heterocycles. The minimum absolute atomic E-state index is 0.241. The van der Waals surface area contributed by atoms with Crippen LogP contribution in [-0.4, -0.2) is 15.9 Å². The Morgan fingerprint density at radius 1 is 1.17 bits per heavy atom. The molecule has 0 spiro atoms. The number of nitrogens with zero attached hydrogens (tertiary/aromatic N) is 2. The molecule has 118 valence electrons. The SMILES string of the molecule is O=C(/C=C/c1nc2ccccc2s1)Nc1nc(-c2ccco2)cs1. The number of carbonyl (C=O) groups is 1. The number of aromatic nitrogens is 2. The van der Waals surface area contributed by atoms with Crippen LogP contribution in [0, 0.1) is 0 Å². The summed E-state index contributed by atoms with van der Waals surface area (Å²) in [5, 5.41) is 5.91. The zero-order valence-corrected chi connectivity index (χ0v) is 13.9. The molecule has 0 aliphatic rings. The van der Waals surface area contributed by atoms with Gasteiger partial charge in [0.2, 0.25) is 5.91 Å². The minimum atomic E-state index is -0.241. The smallest absolute Gasteiger partial charge is 0.250 e. The third-order valence-corrected chi connectivity index (χ3v) is 4.96. The summed E-state index contributed by atoms with van der Waals surface area (Å²) in [6.07, 6.45) is 4.76. The molecule has 0 fully saturated rings. The molecule has 4 rings (SSSR count). The van der Waals surface area contributed by atoms with Crippen LogP contribution in [0.25, 0.3) is 27.7 Å². The second-order valence-electron chi connectivity index (χ2n) is 4.86. The Morgan fingerprint density at radius 2 is 2.08 bits per heavy atom. The van der Waals surface area contributed by atoms with Gasteiger partial charge < -0.3 is 4.42 Å². The molecular weight excluding hydrogens is 342 g/mol. The Hall–Kier alpha value is -2.77. The maximum absolute atomic E-state index is 12.0. The maximum Gasteiger partial charge on any atom is 0.250 e. The number of amides is 1. The molecule has 1 amide bonds. The minimum Gasteiger partial charge on any atom is -0.463 e. The second-order valence-corrected chi connectivity index (χ2v) is 6.78. The van der Waals surface area contributed by atoms with E-state index in [-0.39, 0.29) is 5.91 Å². The molecule has 3 aromatic heterocycles. The van der Waals surface area contributed by atoms with E-state index in [1.807, 2.05) is 35.7 Å². The number of fused-ring (bicyclic) bond motifs is 1. The maximum atomic E-state index is 12.0. The molecule has 7 heteroatoms. The van der Waals surface area contributed by atoms with Crippen LogP contribution in [0.3, 0.4) is 0 Å². The average molecular weight is 353 g/mol. The van der Waals surface area contributed by atoms with Crippen LogP contribution in [0.15, 0.2) is 58.5 Å². The number of benzene rings is 1. The number of rotatable bonds is 4. The highest BCUT2D eigenvalue weighted by atomic mass is 32.1. The second kappa shape index (κ2) is 6.38. The summed E-state index contributed by atoms with van der Waals surface area (Å²) in [5.74, 6) is 0.436. The summed E-state index contributed by atoms with van der Waals surface area (Å²) in [4.78, 5) is 20.8. The lowest BCUT2D eigenvalue weighted by Gasteiger charge is -1.94. The zero-order valence-electron chi connectivity index (χ0n) is 12.3. The van der Waals surface area contributed by atoms with Crippen molar-refractivity contribution in [3.05, 3.63) is 59.1 Å². The molecule has 3 heterocycles. The summed E-state index contributed by atoms with van der Waals surface area (Å²) in [6.45, 7) is 0. The van der Waals surface area contributed by atoms with Crippen molar-refractivity contribution in [2.45, 2.75) is 0 Å². The molecule has 24 heavy (non-hydrogen) atoms. The van der Waals surface area contributed by atoms with Crippen LogP contribution in [0.4, 0.5) is 5.13 Å². The molecule has 0 bridgehead atoms. The molecule has 1 N–H and O–H groups in total. The largest absolute Gasteiger partial charge is 0.463 e. The summed E-state index contributed by atoms with van der Waals surface area (Å²) in [7, 11) is 0. The lowest BCUT2D eigenvalue weighted by atomic mass is 10.3. The van der Waals surface area contributed by atoms with Crippen molar-refractivity contribution in [2.75, 3.05) is 5.32 Å². The van der Waals surface area contributed by atoms with Crippen LogP contribution < -0.4 is 5.32 Å². The van der Waals surface area contributed by atoms with Gasteiger partial charge in [0.15, 0.2) is 10.9 Å². The third-order valence-electron chi connectivity index (χ3n) is 3.20. The highest BCUT2D eigenvalue weighted by Gasteiger charge is 2.08. The van der Waals surface area contributed by atoms with E-state index in [0.717, 1.165) is 15.2 Å². The summed E-state index contributed by atoms with van der Waals surface area (Å²) < 4.78 is 6.38. The van der Waals surface area contributed by atoms with Crippen molar-refractivity contribution >= 4 is 50.0 Å². The van der Waals surface area contributed by atoms with Crippen molar-refractivity contribution in [1.82, 2.24) is 9.97 Å². The number of hydrogen-bond acceptors (Lipinski definition) is 6. The van der Waals surface area contributed by atoms with E-state index in [1.54, 1.807) is 29.7 Å². The fourth-order valence-corrected chi connectivity index (χ4v) is 3.70. The van der Waals surface area contributed by atoms with Crippen molar-refractivity contribution in [3.63, 3.8) is 0 Å². The van der Waals surface area contributed by atoms with Crippen molar-refractivity contribution in [2.24, 2.45) is 0 Å². The van der Waals surface area contributed by atoms with Gasteiger partial charge >= 0.3 is 0 Å². The first-order chi connectivity index (χ1) is 11.8. The van der Waals surface area contributed by atoms with E-state index in [1.165, 1.54) is 17.4 Å². The number of anilines is 1.